The Morgan fingerprint density at radius 3 is 2.64 bits per heavy atom. The van der Waals surface area contributed by atoms with Gasteiger partial charge in [0.15, 0.2) is 0 Å². The summed E-state index contributed by atoms with van der Waals surface area (Å²) in [5.74, 6) is 0.577. The van der Waals surface area contributed by atoms with Gasteiger partial charge in [0.25, 0.3) is 0 Å². The molecule has 0 aromatic rings. The summed E-state index contributed by atoms with van der Waals surface area (Å²) in [7, 11) is 0. The highest BCUT2D eigenvalue weighted by Crippen LogP contribution is 2.30. The van der Waals surface area contributed by atoms with Crippen molar-refractivity contribution < 1.29 is 9.53 Å². The van der Waals surface area contributed by atoms with Crippen molar-refractivity contribution in [2.45, 2.75) is 51.2 Å². The molecular formula is C11H19NO2. The SMILES string of the molecule is CC1(C)CC(NC(=O)C2CC2)CCO1. The average Bonchev–Trinajstić information content (AvgIpc) is 2.83. The van der Waals surface area contributed by atoms with Crippen LogP contribution in [0.4, 0.5) is 0 Å². The van der Waals surface area contributed by atoms with Gasteiger partial charge >= 0.3 is 0 Å². The summed E-state index contributed by atoms with van der Waals surface area (Å²) in [6, 6.07) is 0.326. The van der Waals surface area contributed by atoms with Gasteiger partial charge in [0.1, 0.15) is 0 Å². The molecule has 1 unspecified atom stereocenters. The Kier molecular flexibility index (Phi) is 2.52. The summed E-state index contributed by atoms with van der Waals surface area (Å²) in [6.45, 7) is 4.94. The van der Waals surface area contributed by atoms with Crippen LogP contribution in [0.5, 0.6) is 0 Å². The monoisotopic (exact) mass is 197 g/mol. The zero-order valence-corrected chi connectivity index (χ0v) is 9.01. The number of hydrogen-bond acceptors (Lipinski definition) is 2. The standard InChI is InChI=1S/C11H19NO2/c1-11(2)7-9(5-6-14-11)12-10(13)8-3-4-8/h8-9H,3-7H2,1-2H3,(H,12,13). The van der Waals surface area contributed by atoms with Crippen LogP contribution >= 0.6 is 0 Å². The van der Waals surface area contributed by atoms with Crippen molar-refractivity contribution in [2.75, 3.05) is 6.61 Å². The Labute approximate surface area is 85.2 Å². The molecule has 0 radical (unpaired) electrons. The summed E-state index contributed by atoms with van der Waals surface area (Å²) in [6.07, 6.45) is 4.06. The molecule has 0 bridgehead atoms. The Morgan fingerprint density at radius 1 is 1.36 bits per heavy atom. The lowest BCUT2D eigenvalue weighted by molar-refractivity contribution is -0.125. The van der Waals surface area contributed by atoms with Gasteiger partial charge in [0, 0.05) is 18.6 Å². The van der Waals surface area contributed by atoms with Crippen molar-refractivity contribution in [1.82, 2.24) is 5.32 Å². The largest absolute Gasteiger partial charge is 0.375 e. The molecule has 1 aliphatic heterocycles. The molecule has 0 aromatic heterocycles. The fraction of sp³-hybridized carbons (Fsp3) is 0.909. The maximum absolute atomic E-state index is 11.5. The number of hydrogen-bond donors (Lipinski definition) is 1. The van der Waals surface area contributed by atoms with Crippen LogP contribution in [0.2, 0.25) is 0 Å². The van der Waals surface area contributed by atoms with Gasteiger partial charge in [0.05, 0.1) is 5.60 Å². The minimum absolute atomic E-state index is 0.0697. The van der Waals surface area contributed by atoms with Gasteiger partial charge in [-0.2, -0.15) is 0 Å². The lowest BCUT2D eigenvalue weighted by Crippen LogP contribution is -2.46. The Bertz CT molecular complexity index is 233. The van der Waals surface area contributed by atoms with E-state index < -0.39 is 0 Å². The van der Waals surface area contributed by atoms with E-state index in [9.17, 15) is 4.79 Å². The first-order chi connectivity index (χ1) is 6.57. The molecule has 0 spiro atoms. The molecule has 1 heterocycles. The topological polar surface area (TPSA) is 38.3 Å². The molecule has 1 saturated heterocycles. The molecule has 2 rings (SSSR count). The third-order valence-corrected chi connectivity index (χ3v) is 2.99. The molecule has 1 aliphatic carbocycles. The quantitative estimate of drug-likeness (QED) is 0.728. The zero-order chi connectivity index (χ0) is 10.2. The van der Waals surface area contributed by atoms with Crippen LogP contribution in [0, 0.1) is 5.92 Å². The molecule has 1 N–H and O–H groups in total. The molecule has 80 valence electrons. The molecule has 0 aromatic carbocycles. The highest BCUT2D eigenvalue weighted by atomic mass is 16.5. The van der Waals surface area contributed by atoms with Crippen molar-refractivity contribution >= 4 is 5.91 Å². The van der Waals surface area contributed by atoms with E-state index in [4.69, 9.17) is 4.74 Å². The lowest BCUT2D eigenvalue weighted by atomic mass is 9.94. The van der Waals surface area contributed by atoms with Gasteiger partial charge in [0.2, 0.25) is 5.91 Å². The van der Waals surface area contributed by atoms with E-state index >= 15 is 0 Å². The van der Waals surface area contributed by atoms with E-state index in [1.54, 1.807) is 0 Å². The van der Waals surface area contributed by atoms with E-state index in [0.29, 0.717) is 12.0 Å². The van der Waals surface area contributed by atoms with E-state index in [1.807, 2.05) is 0 Å². The first-order valence-electron chi connectivity index (χ1n) is 5.51. The predicted octanol–water partition coefficient (Wildman–Crippen LogP) is 1.47. The summed E-state index contributed by atoms with van der Waals surface area (Å²) >= 11 is 0. The Morgan fingerprint density at radius 2 is 2.07 bits per heavy atom. The maximum atomic E-state index is 11.5. The number of carbonyl (C=O) groups is 1. The number of amides is 1. The minimum Gasteiger partial charge on any atom is -0.375 e. The van der Waals surface area contributed by atoms with Crippen LogP contribution in [0.15, 0.2) is 0 Å². The van der Waals surface area contributed by atoms with Gasteiger partial charge in [-0.15, -0.1) is 0 Å². The number of carbonyl (C=O) groups excluding carboxylic acids is 1. The van der Waals surface area contributed by atoms with Crippen LogP contribution < -0.4 is 5.32 Å². The van der Waals surface area contributed by atoms with Crippen molar-refractivity contribution in [3.8, 4) is 0 Å². The van der Waals surface area contributed by atoms with Crippen LogP contribution in [0.3, 0.4) is 0 Å². The third-order valence-electron chi connectivity index (χ3n) is 2.99. The second-order valence-electron chi connectivity index (χ2n) is 5.08. The fourth-order valence-corrected chi connectivity index (χ4v) is 2.02. The molecule has 14 heavy (non-hydrogen) atoms. The van der Waals surface area contributed by atoms with Crippen molar-refractivity contribution in [2.24, 2.45) is 5.92 Å². The van der Waals surface area contributed by atoms with Crippen molar-refractivity contribution in [1.29, 1.82) is 0 Å². The smallest absolute Gasteiger partial charge is 0.223 e. The summed E-state index contributed by atoms with van der Waals surface area (Å²) in [4.78, 5) is 11.5. The van der Waals surface area contributed by atoms with E-state index in [-0.39, 0.29) is 11.5 Å². The molecule has 3 nitrogen and oxygen atoms in total. The lowest BCUT2D eigenvalue weighted by Gasteiger charge is -2.35. The molecule has 2 fully saturated rings. The summed E-state index contributed by atoms with van der Waals surface area (Å²) in [5, 5.41) is 3.12. The van der Waals surface area contributed by atoms with Crippen molar-refractivity contribution in [3.63, 3.8) is 0 Å². The zero-order valence-electron chi connectivity index (χ0n) is 9.01. The first-order valence-corrected chi connectivity index (χ1v) is 5.51. The van der Waals surface area contributed by atoms with Crippen molar-refractivity contribution in [3.05, 3.63) is 0 Å². The highest BCUT2D eigenvalue weighted by molar-refractivity contribution is 5.81. The van der Waals surface area contributed by atoms with Gasteiger partial charge in [-0.1, -0.05) is 0 Å². The predicted molar refractivity (Wildman–Crippen MR) is 53.9 cm³/mol. The van der Waals surface area contributed by atoms with Gasteiger partial charge in [-0.3, -0.25) is 4.79 Å². The van der Waals surface area contributed by atoms with E-state index in [1.165, 1.54) is 0 Å². The van der Waals surface area contributed by atoms with Gasteiger partial charge < -0.3 is 10.1 Å². The van der Waals surface area contributed by atoms with E-state index in [0.717, 1.165) is 32.3 Å². The minimum atomic E-state index is -0.0697. The van der Waals surface area contributed by atoms with Crippen LogP contribution in [-0.2, 0) is 9.53 Å². The average molecular weight is 197 g/mol. The molecule has 1 amide bonds. The normalized spacial score (nSPS) is 31.1. The van der Waals surface area contributed by atoms with Crippen LogP contribution in [0.1, 0.15) is 39.5 Å². The fourth-order valence-electron chi connectivity index (χ4n) is 2.02. The highest BCUT2D eigenvalue weighted by Gasteiger charge is 2.34. The van der Waals surface area contributed by atoms with Crippen LogP contribution in [0.25, 0.3) is 0 Å². The first kappa shape index (κ1) is 9.97. The molecule has 3 heteroatoms. The van der Waals surface area contributed by atoms with Gasteiger partial charge in [-0.05, 0) is 39.5 Å². The number of nitrogens with one attached hydrogen (secondary N) is 1. The third kappa shape index (κ3) is 2.47. The molecular weight excluding hydrogens is 178 g/mol. The second kappa shape index (κ2) is 3.54. The molecule has 1 atom stereocenters. The number of rotatable bonds is 2. The van der Waals surface area contributed by atoms with E-state index in [2.05, 4.69) is 19.2 Å². The molecule has 2 aliphatic rings. The Balaban J connectivity index is 1.82. The molecule has 1 saturated carbocycles. The van der Waals surface area contributed by atoms with Gasteiger partial charge in [-0.25, -0.2) is 0 Å². The summed E-state index contributed by atoms with van der Waals surface area (Å²) < 4.78 is 5.60. The second-order valence-corrected chi connectivity index (χ2v) is 5.08. The number of ether oxygens (including phenoxy) is 1. The maximum Gasteiger partial charge on any atom is 0.223 e. The summed E-state index contributed by atoms with van der Waals surface area (Å²) in [5.41, 5.74) is -0.0697. The Hall–Kier alpha value is -0.570. The van der Waals surface area contributed by atoms with Crippen LogP contribution in [-0.4, -0.2) is 24.2 Å².